The van der Waals surface area contributed by atoms with Gasteiger partial charge in [-0.1, -0.05) is 29.4 Å². The molecule has 8 heteroatoms. The molecular formula is C17H10N4O4. The predicted octanol–water partition coefficient (Wildman–Crippen LogP) is 3.15. The molecule has 0 aliphatic carbocycles. The number of benzene rings is 2. The summed E-state index contributed by atoms with van der Waals surface area (Å²) in [5.74, 6) is 0.222. The Morgan fingerprint density at radius 2 is 1.92 bits per heavy atom. The summed E-state index contributed by atoms with van der Waals surface area (Å²) in [6.45, 7) is 0. The third-order valence-electron chi connectivity index (χ3n) is 3.72. The number of hydrogen-bond donors (Lipinski definition) is 1. The molecule has 0 amide bonds. The van der Waals surface area contributed by atoms with Gasteiger partial charge in [0, 0.05) is 23.2 Å². The molecule has 0 atom stereocenters. The highest BCUT2D eigenvalue weighted by Crippen LogP contribution is 2.25. The van der Waals surface area contributed by atoms with E-state index in [1.54, 1.807) is 18.2 Å². The normalized spacial score (nSPS) is 10.9. The van der Waals surface area contributed by atoms with Crippen LogP contribution in [0.4, 0.5) is 5.69 Å². The highest BCUT2D eigenvalue weighted by atomic mass is 16.6. The average molecular weight is 334 g/mol. The van der Waals surface area contributed by atoms with E-state index in [0.29, 0.717) is 11.1 Å². The topological polar surface area (TPSA) is 115 Å². The smallest absolute Gasteiger partial charge is 0.270 e. The summed E-state index contributed by atoms with van der Waals surface area (Å²) >= 11 is 0. The first kappa shape index (κ1) is 14.8. The average Bonchev–Trinajstić information content (AvgIpc) is 3.11. The number of aromatic nitrogens is 3. The third-order valence-corrected chi connectivity index (χ3v) is 3.72. The number of para-hydroxylation sites is 1. The molecular weight excluding hydrogens is 324 g/mol. The molecule has 0 radical (unpaired) electrons. The van der Waals surface area contributed by atoms with Crippen molar-refractivity contribution in [1.29, 1.82) is 0 Å². The molecule has 4 rings (SSSR count). The van der Waals surface area contributed by atoms with Crippen LogP contribution in [0, 0.1) is 10.1 Å². The number of fused-ring (bicyclic) bond motifs is 1. The van der Waals surface area contributed by atoms with Crippen molar-refractivity contribution in [1.82, 2.24) is 15.1 Å². The van der Waals surface area contributed by atoms with E-state index in [0.717, 1.165) is 5.39 Å². The number of aromatic amines is 1. The molecule has 25 heavy (non-hydrogen) atoms. The first-order valence-electron chi connectivity index (χ1n) is 7.33. The molecule has 1 N–H and O–H groups in total. The Morgan fingerprint density at radius 1 is 1.08 bits per heavy atom. The second-order valence-electron chi connectivity index (χ2n) is 5.33. The van der Waals surface area contributed by atoms with Crippen molar-refractivity contribution in [2.45, 2.75) is 0 Å². The van der Waals surface area contributed by atoms with Crippen LogP contribution in [0.15, 0.2) is 63.9 Å². The van der Waals surface area contributed by atoms with Gasteiger partial charge in [0.1, 0.15) is 0 Å². The minimum atomic E-state index is -0.505. The molecule has 122 valence electrons. The molecule has 0 aliphatic rings. The van der Waals surface area contributed by atoms with Crippen molar-refractivity contribution < 1.29 is 9.45 Å². The van der Waals surface area contributed by atoms with Crippen molar-refractivity contribution in [2.24, 2.45) is 0 Å². The van der Waals surface area contributed by atoms with E-state index in [2.05, 4.69) is 15.1 Å². The Balaban J connectivity index is 1.79. The Labute approximate surface area is 139 Å². The van der Waals surface area contributed by atoms with Crippen LogP contribution in [0.3, 0.4) is 0 Å². The summed E-state index contributed by atoms with van der Waals surface area (Å²) in [5.41, 5.74) is 0.953. The monoisotopic (exact) mass is 334 g/mol. The summed E-state index contributed by atoms with van der Waals surface area (Å²) in [6, 6.07) is 14.9. The van der Waals surface area contributed by atoms with E-state index in [-0.39, 0.29) is 28.5 Å². The van der Waals surface area contributed by atoms with E-state index in [9.17, 15) is 14.9 Å². The number of nitro groups is 1. The van der Waals surface area contributed by atoms with Gasteiger partial charge in [0.05, 0.1) is 10.5 Å². The fourth-order valence-corrected chi connectivity index (χ4v) is 2.52. The van der Waals surface area contributed by atoms with Gasteiger partial charge in [-0.2, -0.15) is 4.98 Å². The molecule has 0 fully saturated rings. The minimum Gasteiger partial charge on any atom is -0.334 e. The molecule has 0 saturated carbocycles. The van der Waals surface area contributed by atoms with Gasteiger partial charge in [0.2, 0.25) is 5.82 Å². The zero-order valence-corrected chi connectivity index (χ0v) is 12.7. The lowest BCUT2D eigenvalue weighted by molar-refractivity contribution is -0.384. The van der Waals surface area contributed by atoms with Gasteiger partial charge < -0.3 is 9.51 Å². The number of H-pyrrole nitrogens is 1. The molecule has 0 saturated heterocycles. The summed E-state index contributed by atoms with van der Waals surface area (Å²) in [4.78, 5) is 29.6. The maximum Gasteiger partial charge on any atom is 0.270 e. The van der Waals surface area contributed by atoms with Crippen molar-refractivity contribution in [3.63, 3.8) is 0 Å². The first-order valence-corrected chi connectivity index (χ1v) is 7.33. The van der Waals surface area contributed by atoms with Gasteiger partial charge in [0.25, 0.3) is 17.1 Å². The summed E-state index contributed by atoms with van der Waals surface area (Å²) < 4.78 is 5.17. The minimum absolute atomic E-state index is 0.0826. The number of hydrogen-bond acceptors (Lipinski definition) is 6. The lowest BCUT2D eigenvalue weighted by Crippen LogP contribution is -2.09. The fourth-order valence-electron chi connectivity index (χ4n) is 2.52. The van der Waals surface area contributed by atoms with Crippen LogP contribution in [-0.4, -0.2) is 20.0 Å². The van der Waals surface area contributed by atoms with Crippen LogP contribution in [0.1, 0.15) is 0 Å². The first-order chi connectivity index (χ1) is 12.1. The largest absolute Gasteiger partial charge is 0.334 e. The number of nitrogens with one attached hydrogen (secondary N) is 1. The number of nitrogens with zero attached hydrogens (tertiary/aromatic N) is 3. The second-order valence-corrected chi connectivity index (χ2v) is 5.33. The highest BCUT2D eigenvalue weighted by Gasteiger charge is 2.16. The SMILES string of the molecule is O=c1[nH]c2ccccc2cc1-c1noc(-c2cccc([N+](=O)[O-])c2)n1. The molecule has 0 unspecified atom stereocenters. The second kappa shape index (κ2) is 5.68. The summed E-state index contributed by atoms with van der Waals surface area (Å²) in [5, 5.41) is 15.5. The van der Waals surface area contributed by atoms with Gasteiger partial charge in [0.15, 0.2) is 0 Å². The van der Waals surface area contributed by atoms with E-state index in [1.165, 1.54) is 18.2 Å². The lowest BCUT2D eigenvalue weighted by Gasteiger charge is -1.99. The van der Waals surface area contributed by atoms with E-state index >= 15 is 0 Å². The van der Waals surface area contributed by atoms with Crippen LogP contribution >= 0.6 is 0 Å². The van der Waals surface area contributed by atoms with Crippen LogP contribution in [0.2, 0.25) is 0 Å². The zero-order chi connectivity index (χ0) is 17.4. The Morgan fingerprint density at radius 3 is 2.76 bits per heavy atom. The Bertz CT molecular complexity index is 1160. The molecule has 0 aliphatic heterocycles. The standard InChI is InChI=1S/C17H10N4O4/c22-16-13(9-10-4-1-2-7-14(10)18-16)15-19-17(25-20-15)11-5-3-6-12(8-11)21(23)24/h1-9H,(H,18,22). The van der Waals surface area contributed by atoms with Gasteiger partial charge in [-0.15, -0.1) is 0 Å². The summed E-state index contributed by atoms with van der Waals surface area (Å²) in [7, 11) is 0. The number of pyridine rings is 1. The number of rotatable bonds is 3. The molecule has 2 heterocycles. The van der Waals surface area contributed by atoms with Gasteiger partial charge in [-0.05, 0) is 23.6 Å². The van der Waals surface area contributed by atoms with Gasteiger partial charge in [-0.3, -0.25) is 14.9 Å². The maximum atomic E-state index is 12.3. The maximum absolute atomic E-state index is 12.3. The van der Waals surface area contributed by atoms with Crippen molar-refractivity contribution in [3.8, 4) is 22.8 Å². The molecule has 4 aromatic rings. The van der Waals surface area contributed by atoms with Gasteiger partial charge in [-0.25, -0.2) is 0 Å². The predicted molar refractivity (Wildman–Crippen MR) is 90.0 cm³/mol. The molecule has 0 bridgehead atoms. The van der Waals surface area contributed by atoms with Crippen molar-refractivity contribution >= 4 is 16.6 Å². The quantitative estimate of drug-likeness (QED) is 0.454. The van der Waals surface area contributed by atoms with Crippen molar-refractivity contribution in [3.05, 3.63) is 75.1 Å². The number of non-ortho nitro benzene ring substituents is 1. The van der Waals surface area contributed by atoms with Crippen LogP contribution in [-0.2, 0) is 0 Å². The van der Waals surface area contributed by atoms with Crippen LogP contribution < -0.4 is 5.56 Å². The van der Waals surface area contributed by atoms with Gasteiger partial charge >= 0.3 is 0 Å². The van der Waals surface area contributed by atoms with E-state index in [1.807, 2.05) is 18.2 Å². The summed E-state index contributed by atoms with van der Waals surface area (Å²) in [6.07, 6.45) is 0. The number of nitro benzene ring substituents is 1. The Hall–Kier alpha value is -3.81. The van der Waals surface area contributed by atoms with Crippen LogP contribution in [0.5, 0.6) is 0 Å². The van der Waals surface area contributed by atoms with Crippen molar-refractivity contribution in [2.75, 3.05) is 0 Å². The molecule has 8 nitrogen and oxygen atoms in total. The Kier molecular flexibility index (Phi) is 3.35. The lowest BCUT2D eigenvalue weighted by atomic mass is 10.1. The highest BCUT2D eigenvalue weighted by molar-refractivity contribution is 5.82. The third kappa shape index (κ3) is 2.65. The molecule has 0 spiro atoms. The van der Waals surface area contributed by atoms with E-state index < -0.39 is 4.92 Å². The fraction of sp³-hybridized carbons (Fsp3) is 0. The zero-order valence-electron chi connectivity index (χ0n) is 12.7. The van der Waals surface area contributed by atoms with E-state index in [4.69, 9.17) is 4.52 Å². The molecule has 2 aromatic carbocycles. The van der Waals surface area contributed by atoms with Crippen LogP contribution in [0.25, 0.3) is 33.7 Å². The molecule has 2 aromatic heterocycles.